The first kappa shape index (κ1) is 23.7. The summed E-state index contributed by atoms with van der Waals surface area (Å²) in [5.41, 5.74) is 1.90. The highest BCUT2D eigenvalue weighted by atomic mass is 35.5. The number of aryl methyl sites for hydroxylation is 1. The number of esters is 1. The number of hydrogen-bond acceptors (Lipinski definition) is 5. The summed E-state index contributed by atoms with van der Waals surface area (Å²) in [6.45, 7) is 5.52. The van der Waals surface area contributed by atoms with Gasteiger partial charge in [-0.05, 0) is 50.6 Å². The van der Waals surface area contributed by atoms with E-state index in [0.29, 0.717) is 11.4 Å². The minimum absolute atomic E-state index is 0.123. The smallest absolute Gasteiger partial charge is 0.339 e. The normalized spacial score (nSPS) is 12.2. The molecule has 0 radical (unpaired) electrons. The van der Waals surface area contributed by atoms with Crippen LogP contribution in [0.15, 0.2) is 42.5 Å². The van der Waals surface area contributed by atoms with Gasteiger partial charge in [0.2, 0.25) is 15.9 Å². The number of hydrogen-bond donors (Lipinski definition) is 1. The van der Waals surface area contributed by atoms with Gasteiger partial charge in [0.15, 0.2) is 0 Å². The van der Waals surface area contributed by atoms with Crippen molar-refractivity contribution in [1.29, 1.82) is 0 Å². The molecule has 2 rings (SSSR count). The number of anilines is 2. The van der Waals surface area contributed by atoms with Crippen molar-refractivity contribution in [3.63, 3.8) is 0 Å². The Morgan fingerprint density at radius 2 is 1.77 bits per heavy atom. The molecule has 1 N–H and O–H groups in total. The van der Waals surface area contributed by atoms with Crippen molar-refractivity contribution in [2.75, 3.05) is 22.5 Å². The van der Waals surface area contributed by atoms with E-state index in [1.807, 2.05) is 6.92 Å². The fourth-order valence-corrected chi connectivity index (χ4v) is 4.41. The summed E-state index contributed by atoms with van der Waals surface area (Å²) in [5, 5.41) is 2.81. The van der Waals surface area contributed by atoms with E-state index in [-0.39, 0.29) is 23.6 Å². The van der Waals surface area contributed by atoms with Crippen LogP contribution in [-0.2, 0) is 19.6 Å². The third-order valence-corrected chi connectivity index (χ3v) is 5.84. The second-order valence-corrected chi connectivity index (χ2v) is 8.99. The maximum atomic E-state index is 13.0. The number of sulfonamides is 1. The monoisotopic (exact) mass is 452 g/mol. The lowest BCUT2D eigenvalue weighted by Crippen LogP contribution is -2.47. The number of carbonyl (C=O) groups is 2. The molecule has 2 aromatic carbocycles. The van der Waals surface area contributed by atoms with Crippen molar-refractivity contribution in [3.8, 4) is 0 Å². The van der Waals surface area contributed by atoms with E-state index in [1.165, 1.54) is 18.2 Å². The first-order chi connectivity index (χ1) is 14.1. The highest BCUT2D eigenvalue weighted by molar-refractivity contribution is 7.92. The van der Waals surface area contributed by atoms with Gasteiger partial charge in [0.05, 0.1) is 29.1 Å². The minimum Gasteiger partial charge on any atom is -0.462 e. The Hall–Kier alpha value is -2.58. The molecule has 0 aliphatic rings. The number of rotatable bonds is 8. The molecule has 30 heavy (non-hydrogen) atoms. The average molecular weight is 453 g/mol. The van der Waals surface area contributed by atoms with Gasteiger partial charge in [0, 0.05) is 5.69 Å². The maximum Gasteiger partial charge on any atom is 0.339 e. The topological polar surface area (TPSA) is 92.8 Å². The molecule has 0 saturated heterocycles. The van der Waals surface area contributed by atoms with Crippen LogP contribution in [-0.4, -0.2) is 39.2 Å². The van der Waals surface area contributed by atoms with Gasteiger partial charge in [0.25, 0.3) is 0 Å². The maximum absolute atomic E-state index is 13.0. The second kappa shape index (κ2) is 9.95. The molecule has 0 aliphatic carbocycles. The average Bonchev–Trinajstić information content (AvgIpc) is 2.66. The summed E-state index contributed by atoms with van der Waals surface area (Å²) < 4.78 is 31.0. The zero-order chi connectivity index (χ0) is 22.5. The number of nitrogens with zero attached hydrogens (tertiary/aromatic N) is 1. The molecule has 0 unspecified atom stereocenters. The van der Waals surface area contributed by atoms with Gasteiger partial charge in [-0.25, -0.2) is 13.2 Å². The summed E-state index contributed by atoms with van der Waals surface area (Å²) in [6.07, 6.45) is 1.31. The predicted octanol–water partition coefficient (Wildman–Crippen LogP) is 4.01. The van der Waals surface area contributed by atoms with Crippen LogP contribution in [0.3, 0.4) is 0 Å². The molecule has 0 heterocycles. The molecule has 0 spiro atoms. The van der Waals surface area contributed by atoms with E-state index in [1.54, 1.807) is 38.1 Å². The molecule has 162 valence electrons. The molecule has 0 saturated carbocycles. The number of ether oxygens (including phenoxy) is 1. The first-order valence-corrected chi connectivity index (χ1v) is 11.6. The van der Waals surface area contributed by atoms with Gasteiger partial charge < -0.3 is 10.1 Å². The van der Waals surface area contributed by atoms with Gasteiger partial charge >= 0.3 is 5.97 Å². The number of carbonyl (C=O) groups excluding carboxylic acids is 2. The number of amides is 1. The molecule has 0 aliphatic heterocycles. The lowest BCUT2D eigenvalue weighted by atomic mass is 10.1. The van der Waals surface area contributed by atoms with Crippen molar-refractivity contribution in [3.05, 3.63) is 58.6 Å². The predicted molar refractivity (Wildman–Crippen MR) is 119 cm³/mol. The van der Waals surface area contributed by atoms with E-state index in [2.05, 4.69) is 5.32 Å². The molecular formula is C21H25ClN2O5S. The Morgan fingerprint density at radius 1 is 1.13 bits per heavy atom. The van der Waals surface area contributed by atoms with E-state index >= 15 is 0 Å². The summed E-state index contributed by atoms with van der Waals surface area (Å²) in [5.74, 6) is -1.07. The van der Waals surface area contributed by atoms with Gasteiger partial charge in [-0.1, -0.05) is 36.2 Å². The van der Waals surface area contributed by atoms with Gasteiger partial charge in [-0.2, -0.15) is 0 Å². The van der Waals surface area contributed by atoms with E-state index in [9.17, 15) is 18.0 Å². The number of halogens is 1. The Morgan fingerprint density at radius 3 is 2.27 bits per heavy atom. The molecule has 0 bridgehead atoms. The van der Waals surface area contributed by atoms with Crippen molar-refractivity contribution in [2.45, 2.75) is 33.2 Å². The summed E-state index contributed by atoms with van der Waals surface area (Å²) >= 11 is 6.14. The number of nitrogens with one attached hydrogen (secondary N) is 1. The summed E-state index contributed by atoms with van der Waals surface area (Å²) in [4.78, 5) is 24.8. The highest BCUT2D eigenvalue weighted by Gasteiger charge is 2.31. The van der Waals surface area contributed by atoms with E-state index < -0.39 is 27.9 Å². The fraction of sp³-hybridized carbons (Fsp3) is 0.333. The Balaban J connectivity index is 2.31. The minimum atomic E-state index is -3.73. The largest absolute Gasteiger partial charge is 0.462 e. The molecular weight excluding hydrogens is 428 g/mol. The van der Waals surface area contributed by atoms with Crippen molar-refractivity contribution < 1.29 is 22.7 Å². The molecule has 2 aromatic rings. The Bertz CT molecular complexity index is 1020. The van der Waals surface area contributed by atoms with Crippen LogP contribution in [0.2, 0.25) is 5.02 Å². The van der Waals surface area contributed by atoms with Crippen LogP contribution < -0.4 is 9.62 Å². The summed E-state index contributed by atoms with van der Waals surface area (Å²) in [6, 6.07) is 10.3. The zero-order valence-corrected chi connectivity index (χ0v) is 18.9. The van der Waals surface area contributed by atoms with Crippen molar-refractivity contribution in [1.82, 2.24) is 0 Å². The SMILES string of the molecule is CCOC(=O)c1ccc(NC(=O)[C@@H](CC)N(c2ccc(C)cc2)S(C)(=O)=O)cc1Cl. The molecule has 1 atom stereocenters. The summed E-state index contributed by atoms with van der Waals surface area (Å²) in [7, 11) is -3.73. The zero-order valence-electron chi connectivity index (χ0n) is 17.3. The van der Waals surface area contributed by atoms with Crippen LogP contribution >= 0.6 is 11.6 Å². The first-order valence-electron chi connectivity index (χ1n) is 9.42. The molecule has 9 heteroatoms. The van der Waals surface area contributed by atoms with Gasteiger partial charge in [0.1, 0.15) is 6.04 Å². The molecule has 1 amide bonds. The quantitative estimate of drug-likeness (QED) is 0.611. The lowest BCUT2D eigenvalue weighted by molar-refractivity contribution is -0.117. The highest BCUT2D eigenvalue weighted by Crippen LogP contribution is 2.25. The van der Waals surface area contributed by atoms with Crippen molar-refractivity contribution in [2.24, 2.45) is 0 Å². The van der Waals surface area contributed by atoms with Crippen molar-refractivity contribution >= 4 is 44.9 Å². The van der Waals surface area contributed by atoms with Crippen LogP contribution in [0.4, 0.5) is 11.4 Å². The van der Waals surface area contributed by atoms with Gasteiger partial charge in [-0.15, -0.1) is 0 Å². The third-order valence-electron chi connectivity index (χ3n) is 4.35. The van der Waals surface area contributed by atoms with Crippen LogP contribution in [0.1, 0.15) is 36.2 Å². The molecule has 0 aromatic heterocycles. The third kappa shape index (κ3) is 5.73. The van der Waals surface area contributed by atoms with Crippen LogP contribution in [0, 0.1) is 6.92 Å². The standard InChI is InChI=1S/C21H25ClN2O5S/c1-5-19(24(30(4,27)28)16-10-7-14(3)8-11-16)20(25)23-15-9-12-17(18(22)13-15)21(26)29-6-2/h7-13,19H,5-6H2,1-4H3,(H,23,25)/t19-/m1/s1. The van der Waals surface area contributed by atoms with Crippen LogP contribution in [0.5, 0.6) is 0 Å². The number of benzene rings is 2. The lowest BCUT2D eigenvalue weighted by Gasteiger charge is -2.30. The van der Waals surface area contributed by atoms with Crippen LogP contribution in [0.25, 0.3) is 0 Å². The van der Waals surface area contributed by atoms with E-state index in [0.717, 1.165) is 16.1 Å². The second-order valence-electron chi connectivity index (χ2n) is 6.72. The van der Waals surface area contributed by atoms with Gasteiger partial charge in [-0.3, -0.25) is 9.10 Å². The van der Waals surface area contributed by atoms with E-state index in [4.69, 9.17) is 16.3 Å². The molecule has 0 fully saturated rings. The molecule has 7 nitrogen and oxygen atoms in total. The fourth-order valence-electron chi connectivity index (χ4n) is 2.94. The Labute approximate surface area is 182 Å². The Kier molecular flexibility index (Phi) is 7.86.